The van der Waals surface area contributed by atoms with E-state index in [2.05, 4.69) is 9.71 Å². The predicted octanol–water partition coefficient (Wildman–Crippen LogP) is -0.733. The van der Waals surface area contributed by atoms with E-state index in [4.69, 9.17) is 10.5 Å². The molecule has 0 bridgehead atoms. The fourth-order valence-corrected chi connectivity index (χ4v) is 3.35. The number of hydrogen-bond donors (Lipinski definition) is 2. The average molecular weight is 315 g/mol. The Morgan fingerprint density at radius 2 is 2.10 bits per heavy atom. The SMILES string of the molecule is COCCNS(=O)(=O)N1CCN(c2ncccc2N)CC1. The van der Waals surface area contributed by atoms with Crippen molar-refractivity contribution >= 4 is 21.7 Å². The maximum Gasteiger partial charge on any atom is 0.279 e. The van der Waals surface area contributed by atoms with Crippen molar-refractivity contribution in [2.24, 2.45) is 0 Å². The van der Waals surface area contributed by atoms with Crippen molar-refractivity contribution in [2.75, 3.05) is 57.1 Å². The van der Waals surface area contributed by atoms with Gasteiger partial charge in [0, 0.05) is 46.0 Å². The van der Waals surface area contributed by atoms with Gasteiger partial charge in [-0.05, 0) is 12.1 Å². The van der Waals surface area contributed by atoms with Crippen LogP contribution in [0.1, 0.15) is 0 Å². The van der Waals surface area contributed by atoms with Crippen LogP contribution in [0.15, 0.2) is 18.3 Å². The molecule has 2 rings (SSSR count). The van der Waals surface area contributed by atoms with Crippen molar-refractivity contribution in [1.29, 1.82) is 0 Å². The summed E-state index contributed by atoms with van der Waals surface area (Å²) in [5.74, 6) is 0.710. The number of nitrogens with two attached hydrogens (primary N) is 1. The lowest BCUT2D eigenvalue weighted by molar-refractivity contribution is 0.203. The van der Waals surface area contributed by atoms with Crippen molar-refractivity contribution in [3.8, 4) is 0 Å². The third kappa shape index (κ3) is 4.03. The Bertz CT molecular complexity index is 558. The predicted molar refractivity (Wildman–Crippen MR) is 81.2 cm³/mol. The zero-order valence-corrected chi connectivity index (χ0v) is 12.8. The minimum absolute atomic E-state index is 0.270. The first-order valence-corrected chi connectivity index (χ1v) is 8.17. The van der Waals surface area contributed by atoms with E-state index < -0.39 is 10.2 Å². The van der Waals surface area contributed by atoms with Gasteiger partial charge in [-0.3, -0.25) is 0 Å². The van der Waals surface area contributed by atoms with Gasteiger partial charge in [0.25, 0.3) is 10.2 Å². The molecule has 118 valence electrons. The molecule has 0 aromatic carbocycles. The van der Waals surface area contributed by atoms with Crippen LogP contribution in [0.2, 0.25) is 0 Å². The molecule has 0 saturated carbocycles. The molecule has 0 spiro atoms. The van der Waals surface area contributed by atoms with E-state index in [1.807, 2.05) is 4.90 Å². The summed E-state index contributed by atoms with van der Waals surface area (Å²) < 4.78 is 32.9. The van der Waals surface area contributed by atoms with Crippen LogP contribution in [0, 0.1) is 0 Å². The molecule has 0 radical (unpaired) electrons. The van der Waals surface area contributed by atoms with Crippen molar-refractivity contribution in [3.63, 3.8) is 0 Å². The summed E-state index contributed by atoms with van der Waals surface area (Å²) >= 11 is 0. The normalized spacial score (nSPS) is 17.1. The molecule has 21 heavy (non-hydrogen) atoms. The third-order valence-electron chi connectivity index (χ3n) is 3.29. The Labute approximate surface area is 125 Å². The molecule has 1 aromatic rings. The van der Waals surface area contributed by atoms with Crippen LogP contribution < -0.4 is 15.4 Å². The number of nitrogen functional groups attached to an aromatic ring is 1. The topological polar surface area (TPSA) is 101 Å². The second kappa shape index (κ2) is 7.03. The maximum absolute atomic E-state index is 12.1. The number of hydrogen-bond acceptors (Lipinski definition) is 6. The number of rotatable bonds is 6. The first-order valence-electron chi connectivity index (χ1n) is 6.73. The van der Waals surface area contributed by atoms with Crippen LogP contribution in [0.4, 0.5) is 11.5 Å². The number of methoxy groups -OCH3 is 1. The van der Waals surface area contributed by atoms with E-state index in [9.17, 15) is 8.42 Å². The molecule has 1 aromatic heterocycles. The van der Waals surface area contributed by atoms with Gasteiger partial charge in [0.05, 0.1) is 12.3 Å². The van der Waals surface area contributed by atoms with Gasteiger partial charge in [0.2, 0.25) is 0 Å². The summed E-state index contributed by atoms with van der Waals surface area (Å²) in [6.07, 6.45) is 1.68. The number of nitrogens with zero attached hydrogens (tertiary/aromatic N) is 3. The van der Waals surface area contributed by atoms with Gasteiger partial charge in [-0.25, -0.2) is 4.98 Å². The highest BCUT2D eigenvalue weighted by atomic mass is 32.2. The molecule has 0 unspecified atom stereocenters. The smallest absolute Gasteiger partial charge is 0.279 e. The molecule has 1 saturated heterocycles. The molecule has 2 heterocycles. The summed E-state index contributed by atoms with van der Waals surface area (Å²) in [5, 5.41) is 0. The van der Waals surface area contributed by atoms with Gasteiger partial charge in [-0.15, -0.1) is 0 Å². The second-order valence-corrected chi connectivity index (χ2v) is 6.45. The van der Waals surface area contributed by atoms with E-state index >= 15 is 0 Å². The first kappa shape index (κ1) is 16.0. The quantitative estimate of drug-likeness (QED) is 0.671. The summed E-state index contributed by atoms with van der Waals surface area (Å²) in [6.45, 7) is 2.55. The van der Waals surface area contributed by atoms with Crippen LogP contribution >= 0.6 is 0 Å². The average Bonchev–Trinajstić information content (AvgIpc) is 2.48. The van der Waals surface area contributed by atoms with Crippen LogP contribution in [-0.2, 0) is 14.9 Å². The molecular formula is C12H21N5O3S. The number of anilines is 2. The van der Waals surface area contributed by atoms with Gasteiger partial charge in [0.15, 0.2) is 5.82 Å². The summed E-state index contributed by atoms with van der Waals surface area (Å²) in [6, 6.07) is 3.57. The van der Waals surface area contributed by atoms with Gasteiger partial charge >= 0.3 is 0 Å². The highest BCUT2D eigenvalue weighted by Crippen LogP contribution is 2.20. The zero-order chi connectivity index (χ0) is 15.3. The molecular weight excluding hydrogens is 294 g/mol. The largest absolute Gasteiger partial charge is 0.396 e. The molecule has 9 heteroatoms. The highest BCUT2D eigenvalue weighted by Gasteiger charge is 2.27. The number of nitrogens with one attached hydrogen (secondary N) is 1. The first-order chi connectivity index (χ1) is 10.0. The Kier molecular flexibility index (Phi) is 5.34. The summed E-state index contributed by atoms with van der Waals surface area (Å²) in [5.41, 5.74) is 6.49. The maximum atomic E-state index is 12.1. The van der Waals surface area contributed by atoms with Crippen LogP contribution in [0.3, 0.4) is 0 Å². The van der Waals surface area contributed by atoms with Gasteiger partial charge < -0.3 is 15.4 Å². The van der Waals surface area contributed by atoms with Crippen LogP contribution in [-0.4, -0.2) is 64.1 Å². The van der Waals surface area contributed by atoms with Crippen LogP contribution in [0.5, 0.6) is 0 Å². The molecule has 1 aliphatic heterocycles. The second-order valence-electron chi connectivity index (χ2n) is 4.69. The molecule has 8 nitrogen and oxygen atoms in total. The summed E-state index contributed by atoms with van der Waals surface area (Å²) in [7, 11) is -1.91. The minimum atomic E-state index is -3.45. The fourth-order valence-electron chi connectivity index (χ4n) is 2.18. The zero-order valence-electron chi connectivity index (χ0n) is 12.0. The summed E-state index contributed by atoms with van der Waals surface area (Å²) in [4.78, 5) is 6.25. The van der Waals surface area contributed by atoms with E-state index in [1.165, 1.54) is 11.4 Å². The number of ether oxygens (including phenoxy) is 1. The lowest BCUT2D eigenvalue weighted by atomic mass is 10.3. The van der Waals surface area contributed by atoms with Gasteiger partial charge in [0.1, 0.15) is 0 Å². The monoisotopic (exact) mass is 315 g/mol. The van der Waals surface area contributed by atoms with Crippen molar-refractivity contribution < 1.29 is 13.2 Å². The van der Waals surface area contributed by atoms with Crippen molar-refractivity contribution in [1.82, 2.24) is 14.0 Å². The van der Waals surface area contributed by atoms with E-state index in [0.717, 1.165) is 0 Å². The Morgan fingerprint density at radius 3 is 2.71 bits per heavy atom. The Morgan fingerprint density at radius 1 is 1.38 bits per heavy atom. The fraction of sp³-hybridized carbons (Fsp3) is 0.583. The third-order valence-corrected chi connectivity index (χ3v) is 4.90. The standard InChI is InChI=1S/C12H21N5O3S/c1-20-10-5-15-21(18,19)17-8-6-16(7-9-17)12-11(13)3-2-4-14-12/h2-4,15H,5-10,13H2,1H3. The van der Waals surface area contributed by atoms with E-state index in [1.54, 1.807) is 18.3 Å². The molecule has 1 fully saturated rings. The number of aromatic nitrogens is 1. The van der Waals surface area contributed by atoms with Crippen LogP contribution in [0.25, 0.3) is 0 Å². The minimum Gasteiger partial charge on any atom is -0.396 e. The Hall–Kier alpha value is -1.42. The highest BCUT2D eigenvalue weighted by molar-refractivity contribution is 7.87. The Balaban J connectivity index is 1.93. The lowest BCUT2D eigenvalue weighted by Gasteiger charge is -2.35. The number of piperazine rings is 1. The lowest BCUT2D eigenvalue weighted by Crippen LogP contribution is -2.52. The molecule has 3 N–H and O–H groups in total. The molecule has 0 aliphatic carbocycles. The molecule has 0 amide bonds. The van der Waals surface area contributed by atoms with E-state index in [-0.39, 0.29) is 6.54 Å². The number of pyridine rings is 1. The van der Waals surface area contributed by atoms with Crippen molar-refractivity contribution in [3.05, 3.63) is 18.3 Å². The van der Waals surface area contributed by atoms with Gasteiger partial charge in [-0.2, -0.15) is 17.4 Å². The van der Waals surface area contributed by atoms with Crippen molar-refractivity contribution in [2.45, 2.75) is 0 Å². The molecule has 0 atom stereocenters. The van der Waals surface area contributed by atoms with E-state index in [0.29, 0.717) is 44.3 Å². The van der Waals surface area contributed by atoms with Gasteiger partial charge in [-0.1, -0.05) is 0 Å². The molecule has 1 aliphatic rings.